The second-order valence-electron chi connectivity index (χ2n) is 3.73. The van der Waals surface area contributed by atoms with E-state index < -0.39 is 0 Å². The Kier molecular flexibility index (Phi) is 3.15. The summed E-state index contributed by atoms with van der Waals surface area (Å²) in [5.74, 6) is 0. The average molecular weight is 202 g/mol. The minimum atomic E-state index is 0.462. The fraction of sp³-hybridized carbons (Fsp3) is 0.455. The van der Waals surface area contributed by atoms with Gasteiger partial charge in [0.15, 0.2) is 0 Å². The van der Waals surface area contributed by atoms with E-state index in [1.165, 1.54) is 12.8 Å². The Bertz CT molecular complexity index is 363. The van der Waals surface area contributed by atoms with E-state index in [0.29, 0.717) is 11.7 Å². The van der Waals surface area contributed by atoms with Gasteiger partial charge in [0.2, 0.25) is 0 Å². The summed E-state index contributed by atoms with van der Waals surface area (Å²) >= 11 is 0. The van der Waals surface area contributed by atoms with Gasteiger partial charge in [0, 0.05) is 24.5 Å². The van der Waals surface area contributed by atoms with E-state index in [4.69, 9.17) is 5.26 Å². The van der Waals surface area contributed by atoms with Crippen LogP contribution in [0.1, 0.15) is 18.5 Å². The molecular weight excluding hydrogens is 188 g/mol. The van der Waals surface area contributed by atoms with Gasteiger partial charge in [0.05, 0.1) is 0 Å². The molecule has 2 N–H and O–H groups in total. The van der Waals surface area contributed by atoms with Crippen molar-refractivity contribution in [1.29, 1.82) is 5.26 Å². The fourth-order valence-electron chi connectivity index (χ4n) is 1.79. The molecule has 2 heterocycles. The molecular formula is C11H14N4. The second kappa shape index (κ2) is 4.76. The number of hydrogen-bond donors (Lipinski definition) is 2. The molecule has 1 atom stereocenters. The molecule has 0 aliphatic carbocycles. The minimum Gasteiger partial charge on any atom is -0.381 e. The summed E-state index contributed by atoms with van der Waals surface area (Å²) in [5, 5.41) is 15.5. The molecule has 1 aromatic rings. The molecule has 4 heteroatoms. The van der Waals surface area contributed by atoms with E-state index in [0.717, 1.165) is 18.8 Å². The first-order valence-electron chi connectivity index (χ1n) is 5.22. The van der Waals surface area contributed by atoms with E-state index in [-0.39, 0.29) is 0 Å². The van der Waals surface area contributed by atoms with Crippen molar-refractivity contribution in [2.45, 2.75) is 18.9 Å². The number of anilines is 1. The third kappa shape index (κ3) is 2.67. The maximum Gasteiger partial charge on any atom is 0.142 e. The summed E-state index contributed by atoms with van der Waals surface area (Å²) in [6.45, 7) is 2.10. The minimum absolute atomic E-state index is 0.462. The molecule has 0 radical (unpaired) electrons. The molecule has 1 aromatic heterocycles. The summed E-state index contributed by atoms with van der Waals surface area (Å²) in [6, 6.07) is 6.19. The Balaban J connectivity index is 2.00. The number of hydrogen-bond acceptors (Lipinski definition) is 4. The van der Waals surface area contributed by atoms with Crippen LogP contribution in [0, 0.1) is 11.3 Å². The van der Waals surface area contributed by atoms with E-state index in [2.05, 4.69) is 15.6 Å². The molecule has 15 heavy (non-hydrogen) atoms. The molecule has 0 saturated carbocycles. The van der Waals surface area contributed by atoms with Gasteiger partial charge in [-0.1, -0.05) is 0 Å². The highest BCUT2D eigenvalue weighted by molar-refractivity contribution is 5.46. The number of nitriles is 1. The summed E-state index contributed by atoms with van der Waals surface area (Å²) in [5.41, 5.74) is 1.44. The van der Waals surface area contributed by atoms with Gasteiger partial charge >= 0.3 is 0 Å². The zero-order valence-electron chi connectivity index (χ0n) is 8.53. The predicted molar refractivity (Wildman–Crippen MR) is 58.5 cm³/mol. The SMILES string of the molecule is N#Cc1cc(NC2CCCNC2)ccn1. The number of aromatic nitrogens is 1. The number of pyridine rings is 1. The standard InChI is InChI=1S/C11H14N4/c12-7-11-6-9(3-5-14-11)15-10-2-1-4-13-8-10/h3,5-6,10,13H,1-2,4,8H2,(H,14,15). The van der Waals surface area contributed by atoms with Crippen molar-refractivity contribution < 1.29 is 0 Å². The first-order chi connectivity index (χ1) is 7.38. The predicted octanol–water partition coefficient (Wildman–Crippen LogP) is 1.12. The van der Waals surface area contributed by atoms with Gasteiger partial charge in [-0.05, 0) is 31.5 Å². The maximum absolute atomic E-state index is 8.72. The van der Waals surface area contributed by atoms with Crippen molar-refractivity contribution in [3.8, 4) is 6.07 Å². The summed E-state index contributed by atoms with van der Waals surface area (Å²) < 4.78 is 0. The van der Waals surface area contributed by atoms with Gasteiger partial charge in [-0.15, -0.1) is 0 Å². The van der Waals surface area contributed by atoms with Crippen molar-refractivity contribution in [2.75, 3.05) is 18.4 Å². The van der Waals surface area contributed by atoms with Gasteiger partial charge in [-0.25, -0.2) is 4.98 Å². The lowest BCUT2D eigenvalue weighted by molar-refractivity contribution is 0.480. The van der Waals surface area contributed by atoms with E-state index >= 15 is 0 Å². The Hall–Kier alpha value is -1.60. The molecule has 1 aliphatic heterocycles. The lowest BCUT2D eigenvalue weighted by atomic mass is 10.1. The summed E-state index contributed by atoms with van der Waals surface area (Å²) in [7, 11) is 0. The third-order valence-electron chi connectivity index (χ3n) is 2.54. The van der Waals surface area contributed by atoms with Gasteiger partial charge in [-0.3, -0.25) is 0 Å². The zero-order valence-corrected chi connectivity index (χ0v) is 8.53. The van der Waals surface area contributed by atoms with E-state index in [1.807, 2.05) is 12.1 Å². The molecule has 4 nitrogen and oxygen atoms in total. The molecule has 1 aliphatic rings. The van der Waals surface area contributed by atoms with Crippen LogP contribution < -0.4 is 10.6 Å². The monoisotopic (exact) mass is 202 g/mol. The maximum atomic E-state index is 8.72. The van der Waals surface area contributed by atoms with Crippen LogP contribution in [0.25, 0.3) is 0 Å². The van der Waals surface area contributed by atoms with Gasteiger partial charge in [0.25, 0.3) is 0 Å². The molecule has 0 bridgehead atoms. The summed E-state index contributed by atoms with van der Waals surface area (Å²) in [6.07, 6.45) is 4.04. The van der Waals surface area contributed by atoms with Crippen LogP contribution in [0.15, 0.2) is 18.3 Å². The van der Waals surface area contributed by atoms with Crippen molar-refractivity contribution >= 4 is 5.69 Å². The first kappa shape index (κ1) is 9.94. The number of piperidine rings is 1. The van der Waals surface area contributed by atoms with Crippen LogP contribution in [0.5, 0.6) is 0 Å². The van der Waals surface area contributed by atoms with Crippen molar-refractivity contribution in [3.63, 3.8) is 0 Å². The highest BCUT2D eigenvalue weighted by atomic mass is 15.0. The largest absolute Gasteiger partial charge is 0.381 e. The zero-order chi connectivity index (χ0) is 10.5. The molecule has 1 unspecified atom stereocenters. The first-order valence-corrected chi connectivity index (χ1v) is 5.22. The Morgan fingerprint density at radius 2 is 2.53 bits per heavy atom. The highest BCUT2D eigenvalue weighted by Crippen LogP contribution is 2.12. The van der Waals surface area contributed by atoms with Crippen LogP contribution in [0.3, 0.4) is 0 Å². The van der Waals surface area contributed by atoms with Crippen LogP contribution >= 0.6 is 0 Å². The highest BCUT2D eigenvalue weighted by Gasteiger charge is 2.12. The molecule has 0 amide bonds. The molecule has 2 rings (SSSR count). The number of rotatable bonds is 2. The van der Waals surface area contributed by atoms with E-state index in [9.17, 15) is 0 Å². The van der Waals surface area contributed by atoms with Gasteiger partial charge in [-0.2, -0.15) is 5.26 Å². The van der Waals surface area contributed by atoms with Crippen molar-refractivity contribution in [3.05, 3.63) is 24.0 Å². The number of nitrogens with zero attached hydrogens (tertiary/aromatic N) is 2. The van der Waals surface area contributed by atoms with Crippen LogP contribution in [0.4, 0.5) is 5.69 Å². The fourth-order valence-corrected chi connectivity index (χ4v) is 1.79. The average Bonchev–Trinajstić information content (AvgIpc) is 2.31. The topological polar surface area (TPSA) is 60.7 Å². The van der Waals surface area contributed by atoms with Gasteiger partial charge < -0.3 is 10.6 Å². The number of nitrogens with one attached hydrogen (secondary N) is 2. The lowest BCUT2D eigenvalue weighted by Crippen LogP contribution is -2.38. The Labute approximate surface area is 89.3 Å². The Morgan fingerprint density at radius 1 is 1.60 bits per heavy atom. The van der Waals surface area contributed by atoms with Crippen LogP contribution in [0.2, 0.25) is 0 Å². The molecule has 1 saturated heterocycles. The second-order valence-corrected chi connectivity index (χ2v) is 3.73. The quantitative estimate of drug-likeness (QED) is 0.754. The summed E-state index contributed by atoms with van der Waals surface area (Å²) in [4.78, 5) is 3.93. The Morgan fingerprint density at radius 3 is 3.27 bits per heavy atom. The molecule has 0 spiro atoms. The third-order valence-corrected chi connectivity index (χ3v) is 2.54. The lowest BCUT2D eigenvalue weighted by Gasteiger charge is -2.24. The van der Waals surface area contributed by atoms with Crippen molar-refractivity contribution in [1.82, 2.24) is 10.3 Å². The van der Waals surface area contributed by atoms with Gasteiger partial charge in [0.1, 0.15) is 11.8 Å². The van der Waals surface area contributed by atoms with Crippen LogP contribution in [-0.2, 0) is 0 Å². The smallest absolute Gasteiger partial charge is 0.142 e. The molecule has 78 valence electrons. The molecule has 1 fully saturated rings. The normalized spacial score (nSPS) is 20.6. The molecule has 0 aromatic carbocycles. The van der Waals surface area contributed by atoms with Crippen LogP contribution in [-0.4, -0.2) is 24.1 Å². The van der Waals surface area contributed by atoms with Crippen molar-refractivity contribution in [2.24, 2.45) is 0 Å². The van der Waals surface area contributed by atoms with E-state index in [1.54, 1.807) is 12.3 Å².